The summed E-state index contributed by atoms with van der Waals surface area (Å²) in [5, 5.41) is 3.14. The molecule has 2 aromatic heterocycles. The lowest BCUT2D eigenvalue weighted by Gasteiger charge is -2.41. The first-order chi connectivity index (χ1) is 20.2. The van der Waals surface area contributed by atoms with Gasteiger partial charge in [0.05, 0.1) is 6.61 Å². The van der Waals surface area contributed by atoms with Gasteiger partial charge in [0, 0.05) is 56.7 Å². The zero-order valence-corrected chi connectivity index (χ0v) is 22.3. The zero-order valence-electron chi connectivity index (χ0n) is 22.3. The molecule has 2 aromatic carbocycles. The molecular weight excluding hydrogens is 526 g/mol. The van der Waals surface area contributed by atoms with Crippen LogP contribution in [0.15, 0.2) is 67.5 Å². The van der Waals surface area contributed by atoms with Crippen LogP contribution in [-0.2, 0) is 29.2 Å². The Morgan fingerprint density at radius 3 is 2.71 bits per heavy atom. The smallest absolute Gasteiger partial charge is 0.239 e. The van der Waals surface area contributed by atoms with E-state index in [0.29, 0.717) is 45.1 Å². The second-order valence-electron chi connectivity index (χ2n) is 10.1. The Labute approximate surface area is 236 Å². The van der Waals surface area contributed by atoms with Gasteiger partial charge in [-0.2, -0.15) is 0 Å². The fourth-order valence-electron chi connectivity index (χ4n) is 5.35. The predicted molar refractivity (Wildman–Crippen MR) is 147 cm³/mol. The standard InChI is InChI=1S/C29H29N7O5/c37-29(31-12-20-1-4-25-26(10-20)41-19-40-25)23-14-35(27-11-28(33-16-32-27)36-6-5-30-17-36)8-7-34(23)13-21-2-3-24-22(9-21)15-38-18-39-24/h1-6,9-11,16-17,23H,7-8,12-15,18-19H2,(H,31,37). The number of piperazine rings is 1. The molecule has 0 spiro atoms. The lowest BCUT2D eigenvalue weighted by Crippen LogP contribution is -2.58. The normalized spacial score (nSPS) is 18.0. The van der Waals surface area contributed by atoms with Crippen molar-refractivity contribution in [2.75, 3.05) is 38.1 Å². The molecule has 3 aliphatic rings. The quantitative estimate of drug-likeness (QED) is 0.364. The van der Waals surface area contributed by atoms with E-state index in [1.165, 1.54) is 0 Å². The summed E-state index contributed by atoms with van der Waals surface area (Å²) in [6.45, 7) is 3.86. The second-order valence-corrected chi connectivity index (χ2v) is 10.1. The largest absolute Gasteiger partial charge is 0.467 e. The van der Waals surface area contributed by atoms with Crippen molar-refractivity contribution in [1.29, 1.82) is 0 Å². The molecule has 210 valence electrons. The number of carbonyl (C=O) groups excluding carboxylic acids is 1. The summed E-state index contributed by atoms with van der Waals surface area (Å²) in [6, 6.07) is 13.4. The molecule has 1 unspecified atom stereocenters. The molecular formula is C29H29N7O5. The summed E-state index contributed by atoms with van der Waals surface area (Å²) in [6.07, 6.45) is 6.79. The van der Waals surface area contributed by atoms with Crippen LogP contribution in [0.4, 0.5) is 5.82 Å². The predicted octanol–water partition coefficient (Wildman–Crippen LogP) is 2.26. The van der Waals surface area contributed by atoms with Crippen molar-refractivity contribution in [2.24, 2.45) is 0 Å². The molecule has 12 heteroatoms. The van der Waals surface area contributed by atoms with Gasteiger partial charge in [-0.25, -0.2) is 15.0 Å². The van der Waals surface area contributed by atoms with E-state index in [0.717, 1.165) is 39.8 Å². The van der Waals surface area contributed by atoms with E-state index in [1.54, 1.807) is 18.9 Å². The van der Waals surface area contributed by atoms with Crippen LogP contribution in [-0.4, -0.2) is 69.6 Å². The first-order valence-corrected chi connectivity index (χ1v) is 13.5. The van der Waals surface area contributed by atoms with Crippen LogP contribution in [0.1, 0.15) is 16.7 Å². The molecule has 0 saturated carbocycles. The highest BCUT2D eigenvalue weighted by molar-refractivity contribution is 5.82. The molecule has 1 atom stereocenters. The number of aromatic nitrogens is 4. The number of rotatable bonds is 7. The monoisotopic (exact) mass is 555 g/mol. The van der Waals surface area contributed by atoms with Crippen LogP contribution < -0.4 is 24.4 Å². The van der Waals surface area contributed by atoms with E-state index in [4.69, 9.17) is 18.9 Å². The minimum Gasteiger partial charge on any atom is -0.467 e. The van der Waals surface area contributed by atoms with Crippen LogP contribution >= 0.6 is 0 Å². The number of hydrogen-bond acceptors (Lipinski definition) is 10. The third-order valence-corrected chi connectivity index (χ3v) is 7.49. The van der Waals surface area contributed by atoms with Crippen LogP contribution in [0.3, 0.4) is 0 Å². The fourth-order valence-corrected chi connectivity index (χ4v) is 5.35. The van der Waals surface area contributed by atoms with Crippen molar-refractivity contribution in [3.63, 3.8) is 0 Å². The summed E-state index contributed by atoms with van der Waals surface area (Å²) < 4.78 is 23.8. The molecule has 4 aromatic rings. The SMILES string of the molecule is O=C(NCc1ccc2c(c1)OCO2)C1CN(c2cc(-n3ccnc3)ncn2)CCN1Cc1ccc2c(c1)COCO2. The number of fused-ring (bicyclic) bond motifs is 2. The van der Waals surface area contributed by atoms with Gasteiger partial charge in [-0.1, -0.05) is 12.1 Å². The number of nitrogens with one attached hydrogen (secondary N) is 1. The summed E-state index contributed by atoms with van der Waals surface area (Å²) in [5.74, 6) is 3.69. The molecule has 1 saturated heterocycles. The van der Waals surface area contributed by atoms with Crippen LogP contribution in [0, 0.1) is 0 Å². The number of hydrogen-bond donors (Lipinski definition) is 1. The van der Waals surface area contributed by atoms with E-state index in [1.807, 2.05) is 41.1 Å². The van der Waals surface area contributed by atoms with Gasteiger partial charge in [-0.05, 0) is 35.4 Å². The molecule has 1 amide bonds. The Morgan fingerprint density at radius 1 is 0.927 bits per heavy atom. The van der Waals surface area contributed by atoms with Gasteiger partial charge in [0.25, 0.3) is 0 Å². The van der Waals surface area contributed by atoms with E-state index < -0.39 is 6.04 Å². The number of ether oxygens (including phenoxy) is 4. The highest BCUT2D eigenvalue weighted by atomic mass is 16.7. The summed E-state index contributed by atoms with van der Waals surface area (Å²) in [5.41, 5.74) is 3.06. The topological polar surface area (TPSA) is 116 Å². The van der Waals surface area contributed by atoms with Crippen molar-refractivity contribution in [3.05, 3.63) is 84.2 Å². The van der Waals surface area contributed by atoms with Crippen molar-refractivity contribution >= 4 is 11.7 Å². The second kappa shape index (κ2) is 11.1. The number of benzene rings is 2. The molecule has 3 aliphatic heterocycles. The third kappa shape index (κ3) is 5.39. The van der Waals surface area contributed by atoms with E-state index in [9.17, 15) is 4.79 Å². The highest BCUT2D eigenvalue weighted by Gasteiger charge is 2.33. The number of anilines is 1. The summed E-state index contributed by atoms with van der Waals surface area (Å²) >= 11 is 0. The number of nitrogens with zero attached hydrogens (tertiary/aromatic N) is 6. The van der Waals surface area contributed by atoms with Crippen LogP contribution in [0.2, 0.25) is 0 Å². The van der Waals surface area contributed by atoms with Gasteiger partial charge in [-0.3, -0.25) is 14.3 Å². The Morgan fingerprint density at radius 2 is 1.78 bits per heavy atom. The first-order valence-electron chi connectivity index (χ1n) is 13.5. The molecule has 41 heavy (non-hydrogen) atoms. The Kier molecular flexibility index (Phi) is 6.83. The number of amides is 1. The van der Waals surface area contributed by atoms with E-state index >= 15 is 0 Å². The molecule has 1 N–H and O–H groups in total. The van der Waals surface area contributed by atoms with Gasteiger partial charge < -0.3 is 29.2 Å². The van der Waals surface area contributed by atoms with E-state index in [-0.39, 0.29) is 19.5 Å². The van der Waals surface area contributed by atoms with Crippen LogP contribution in [0.5, 0.6) is 17.2 Å². The molecule has 1 fully saturated rings. The van der Waals surface area contributed by atoms with Gasteiger partial charge in [0.2, 0.25) is 12.7 Å². The first kappa shape index (κ1) is 25.3. The molecule has 5 heterocycles. The molecule has 7 rings (SSSR count). The minimum atomic E-state index is -0.409. The van der Waals surface area contributed by atoms with Gasteiger partial charge in [0.1, 0.15) is 36.1 Å². The Hall–Kier alpha value is -4.68. The van der Waals surface area contributed by atoms with E-state index in [2.05, 4.69) is 42.2 Å². The Balaban J connectivity index is 1.11. The highest BCUT2D eigenvalue weighted by Crippen LogP contribution is 2.32. The summed E-state index contributed by atoms with van der Waals surface area (Å²) in [4.78, 5) is 31.1. The van der Waals surface area contributed by atoms with Crippen molar-refractivity contribution < 1.29 is 23.7 Å². The van der Waals surface area contributed by atoms with Crippen LogP contribution in [0.25, 0.3) is 5.82 Å². The molecule has 0 bridgehead atoms. The number of carbonyl (C=O) groups is 1. The fraction of sp³-hybridized carbons (Fsp3) is 0.310. The lowest BCUT2D eigenvalue weighted by molar-refractivity contribution is -0.127. The van der Waals surface area contributed by atoms with Gasteiger partial charge >= 0.3 is 0 Å². The number of imidazole rings is 1. The average Bonchev–Trinajstić information content (AvgIpc) is 3.73. The average molecular weight is 556 g/mol. The third-order valence-electron chi connectivity index (χ3n) is 7.49. The maximum atomic E-state index is 13.7. The van der Waals surface area contributed by atoms with Gasteiger partial charge in [0.15, 0.2) is 18.3 Å². The summed E-state index contributed by atoms with van der Waals surface area (Å²) in [7, 11) is 0. The minimum absolute atomic E-state index is 0.0547. The maximum absolute atomic E-state index is 13.7. The van der Waals surface area contributed by atoms with Crippen molar-refractivity contribution in [3.8, 4) is 23.1 Å². The molecule has 12 nitrogen and oxygen atoms in total. The van der Waals surface area contributed by atoms with Crippen molar-refractivity contribution in [2.45, 2.75) is 25.7 Å². The Bertz CT molecular complexity index is 1550. The zero-order chi connectivity index (χ0) is 27.6. The lowest BCUT2D eigenvalue weighted by atomic mass is 10.1. The van der Waals surface area contributed by atoms with Crippen molar-refractivity contribution in [1.82, 2.24) is 29.7 Å². The molecule has 0 radical (unpaired) electrons. The maximum Gasteiger partial charge on any atom is 0.239 e. The van der Waals surface area contributed by atoms with Gasteiger partial charge in [-0.15, -0.1) is 0 Å². The molecule has 0 aliphatic carbocycles.